The van der Waals surface area contributed by atoms with Crippen molar-refractivity contribution in [2.45, 2.75) is 65.8 Å². The molecule has 0 amide bonds. The van der Waals surface area contributed by atoms with Crippen LogP contribution in [0.25, 0.3) is 11.1 Å². The number of nitrogens with zero attached hydrogens (tertiary/aromatic N) is 5. The fourth-order valence-corrected chi connectivity index (χ4v) is 7.44. The maximum Gasteiger partial charge on any atom is 0.142 e. The molecule has 4 heterocycles. The van der Waals surface area contributed by atoms with E-state index in [-0.39, 0.29) is 6.61 Å². The number of H-pyrrole nitrogens is 1. The molecule has 0 radical (unpaired) electrons. The van der Waals surface area contributed by atoms with Crippen molar-refractivity contribution in [3.63, 3.8) is 0 Å². The number of imidazole rings is 1. The Kier molecular flexibility index (Phi) is 11.4. The molecule has 0 saturated carbocycles. The average molecular weight is 717 g/mol. The maximum atomic E-state index is 9.36. The molecule has 5 aromatic rings. The molecular weight excluding hydrogens is 672 g/mol. The first kappa shape index (κ1) is 35.5. The summed E-state index contributed by atoms with van der Waals surface area (Å²) in [6.07, 6.45) is 9.58. The van der Waals surface area contributed by atoms with Gasteiger partial charge in [-0.25, -0.2) is 4.98 Å². The van der Waals surface area contributed by atoms with Gasteiger partial charge in [0.05, 0.1) is 29.2 Å². The standard InChI is InChI=1S/C42H45ClN6O3/c1-29-33(8-5-9-35(29)36-10-6-11-40(30(36)2)50-17-7-15-48-13-3-4-14-48)27-52-42-20-41(51-26-32-18-31(21-44)22-45-23-32)34(19-37(42)43)24-49-16-12-38-39(25-49)47-28-46-38/h5-6,8-11,18-20,22-23,28H,3-4,7,12-17,24-27H2,1-2H3,(H,46,47). The van der Waals surface area contributed by atoms with Crippen molar-refractivity contribution < 1.29 is 14.2 Å². The monoisotopic (exact) mass is 716 g/mol. The van der Waals surface area contributed by atoms with Crippen LogP contribution in [0.5, 0.6) is 17.2 Å². The van der Waals surface area contributed by atoms with Crippen molar-refractivity contribution >= 4 is 11.6 Å². The molecule has 268 valence electrons. The number of hydrogen-bond donors (Lipinski definition) is 1. The number of pyridine rings is 1. The number of hydrogen-bond acceptors (Lipinski definition) is 8. The zero-order valence-electron chi connectivity index (χ0n) is 30.0. The van der Waals surface area contributed by atoms with Crippen LogP contribution in [0.3, 0.4) is 0 Å². The molecule has 1 fully saturated rings. The predicted octanol–water partition coefficient (Wildman–Crippen LogP) is 8.19. The van der Waals surface area contributed by atoms with E-state index < -0.39 is 0 Å². The van der Waals surface area contributed by atoms with Gasteiger partial charge < -0.3 is 24.1 Å². The van der Waals surface area contributed by atoms with Crippen molar-refractivity contribution in [3.8, 4) is 34.4 Å². The Morgan fingerprint density at radius 2 is 1.65 bits per heavy atom. The quantitative estimate of drug-likeness (QED) is 0.115. The van der Waals surface area contributed by atoms with Crippen molar-refractivity contribution in [1.82, 2.24) is 24.8 Å². The highest BCUT2D eigenvalue weighted by atomic mass is 35.5. The van der Waals surface area contributed by atoms with Crippen LogP contribution < -0.4 is 14.2 Å². The van der Waals surface area contributed by atoms with Gasteiger partial charge in [-0.3, -0.25) is 9.88 Å². The largest absolute Gasteiger partial charge is 0.493 e. The van der Waals surface area contributed by atoms with Gasteiger partial charge in [0.1, 0.15) is 36.5 Å². The van der Waals surface area contributed by atoms with Gasteiger partial charge in [0.15, 0.2) is 0 Å². The van der Waals surface area contributed by atoms with Gasteiger partial charge in [-0.1, -0.05) is 41.9 Å². The lowest BCUT2D eigenvalue weighted by Gasteiger charge is -2.27. The third-order valence-corrected chi connectivity index (χ3v) is 10.5. The minimum Gasteiger partial charge on any atom is -0.493 e. The SMILES string of the molecule is Cc1c(COc2cc(OCc3cncc(C#N)c3)c(CN3CCc4[nH]cnc4C3)cc2Cl)cccc1-c1cccc(OCCCN2CCCC2)c1C. The molecule has 0 bridgehead atoms. The zero-order valence-corrected chi connectivity index (χ0v) is 30.7. The molecule has 3 aromatic carbocycles. The third-order valence-electron chi connectivity index (χ3n) is 10.2. The number of aromatic nitrogens is 3. The lowest BCUT2D eigenvalue weighted by Crippen LogP contribution is -2.30. The number of benzene rings is 3. The molecule has 0 unspecified atom stereocenters. The van der Waals surface area contributed by atoms with E-state index in [1.807, 2.05) is 12.1 Å². The number of nitrogens with one attached hydrogen (secondary N) is 1. The van der Waals surface area contributed by atoms with Gasteiger partial charge in [-0.15, -0.1) is 0 Å². The van der Waals surface area contributed by atoms with E-state index in [1.165, 1.54) is 31.6 Å². The zero-order chi connectivity index (χ0) is 35.9. The number of aromatic amines is 1. The normalized spacial score (nSPS) is 14.6. The fourth-order valence-electron chi connectivity index (χ4n) is 7.20. The number of nitriles is 1. The van der Waals surface area contributed by atoms with E-state index in [1.54, 1.807) is 24.8 Å². The summed E-state index contributed by atoms with van der Waals surface area (Å²) in [4.78, 5) is 16.8. The Labute approximate surface area is 311 Å². The molecule has 0 spiro atoms. The minimum atomic E-state index is 0.252. The molecule has 10 heteroatoms. The van der Waals surface area contributed by atoms with E-state index in [4.69, 9.17) is 25.8 Å². The molecule has 9 nitrogen and oxygen atoms in total. The highest BCUT2D eigenvalue weighted by Gasteiger charge is 2.22. The summed E-state index contributed by atoms with van der Waals surface area (Å²) in [6.45, 7) is 11.4. The lowest BCUT2D eigenvalue weighted by molar-refractivity contribution is 0.232. The van der Waals surface area contributed by atoms with Crippen LogP contribution in [-0.4, -0.2) is 57.5 Å². The molecule has 2 aromatic heterocycles. The molecule has 7 rings (SSSR count). The van der Waals surface area contributed by atoms with Crippen LogP contribution in [0, 0.1) is 25.2 Å². The van der Waals surface area contributed by atoms with Crippen LogP contribution in [0.2, 0.25) is 5.02 Å². The summed E-state index contributed by atoms with van der Waals surface area (Å²) < 4.78 is 19.1. The maximum absolute atomic E-state index is 9.36. The topological polar surface area (TPSA) is 99.5 Å². The number of ether oxygens (including phenoxy) is 3. The Morgan fingerprint density at radius 3 is 2.50 bits per heavy atom. The highest BCUT2D eigenvalue weighted by molar-refractivity contribution is 6.32. The first-order chi connectivity index (χ1) is 25.4. The van der Waals surface area contributed by atoms with Gasteiger partial charge in [-0.05, 0) is 92.2 Å². The molecule has 2 aliphatic rings. The van der Waals surface area contributed by atoms with E-state index in [0.29, 0.717) is 41.8 Å². The average Bonchev–Trinajstić information content (AvgIpc) is 3.86. The Morgan fingerprint density at radius 1 is 0.846 bits per heavy atom. The Bertz CT molecular complexity index is 2050. The molecular formula is C42H45ClN6O3. The fraction of sp³-hybridized carbons (Fsp3) is 0.357. The number of halogens is 1. The lowest BCUT2D eigenvalue weighted by atomic mass is 9.93. The van der Waals surface area contributed by atoms with Crippen LogP contribution in [0.15, 0.2) is 73.3 Å². The summed E-state index contributed by atoms with van der Waals surface area (Å²) >= 11 is 6.92. The Balaban J connectivity index is 1.07. The molecule has 1 saturated heterocycles. The van der Waals surface area contributed by atoms with Crippen LogP contribution in [0.1, 0.15) is 64.0 Å². The smallest absolute Gasteiger partial charge is 0.142 e. The molecule has 0 atom stereocenters. The van der Waals surface area contributed by atoms with Gasteiger partial charge in [0.25, 0.3) is 0 Å². The second-order valence-electron chi connectivity index (χ2n) is 13.7. The van der Waals surface area contributed by atoms with Crippen LogP contribution in [-0.2, 0) is 32.7 Å². The second-order valence-corrected chi connectivity index (χ2v) is 14.1. The van der Waals surface area contributed by atoms with Crippen molar-refractivity contribution in [3.05, 3.63) is 123 Å². The molecule has 2 aliphatic heterocycles. The number of rotatable bonds is 14. The summed E-state index contributed by atoms with van der Waals surface area (Å²) in [5.74, 6) is 2.15. The highest BCUT2D eigenvalue weighted by Crippen LogP contribution is 2.37. The van der Waals surface area contributed by atoms with E-state index in [2.05, 4.69) is 81.1 Å². The predicted molar refractivity (Wildman–Crippen MR) is 203 cm³/mol. The van der Waals surface area contributed by atoms with E-state index in [0.717, 1.165) is 82.9 Å². The summed E-state index contributed by atoms with van der Waals surface area (Å²) in [6, 6.07) is 20.4. The van der Waals surface area contributed by atoms with Gasteiger partial charge >= 0.3 is 0 Å². The molecule has 1 N–H and O–H groups in total. The second kappa shape index (κ2) is 16.6. The summed E-state index contributed by atoms with van der Waals surface area (Å²) in [5.41, 5.74) is 10.2. The van der Waals surface area contributed by atoms with E-state index >= 15 is 0 Å². The number of fused-ring (bicyclic) bond motifs is 1. The van der Waals surface area contributed by atoms with Gasteiger partial charge in [0, 0.05) is 67.9 Å². The summed E-state index contributed by atoms with van der Waals surface area (Å²) in [5, 5.41) is 9.88. The first-order valence-electron chi connectivity index (χ1n) is 18.1. The van der Waals surface area contributed by atoms with Crippen LogP contribution in [0.4, 0.5) is 0 Å². The molecule has 0 aliphatic carbocycles. The van der Waals surface area contributed by atoms with Gasteiger partial charge in [0.2, 0.25) is 0 Å². The Hall–Kier alpha value is -4.88. The van der Waals surface area contributed by atoms with Gasteiger partial charge in [-0.2, -0.15) is 5.26 Å². The van der Waals surface area contributed by atoms with Crippen molar-refractivity contribution in [2.24, 2.45) is 0 Å². The van der Waals surface area contributed by atoms with Crippen molar-refractivity contribution in [2.75, 3.05) is 32.8 Å². The van der Waals surface area contributed by atoms with Crippen LogP contribution >= 0.6 is 11.6 Å². The third kappa shape index (κ3) is 8.42. The minimum absolute atomic E-state index is 0.252. The van der Waals surface area contributed by atoms with E-state index in [9.17, 15) is 5.26 Å². The summed E-state index contributed by atoms with van der Waals surface area (Å²) in [7, 11) is 0. The van der Waals surface area contributed by atoms with Crippen molar-refractivity contribution in [1.29, 1.82) is 5.26 Å². The number of likely N-dealkylation sites (tertiary alicyclic amines) is 1. The molecule has 52 heavy (non-hydrogen) atoms. The first-order valence-corrected chi connectivity index (χ1v) is 18.5.